The summed E-state index contributed by atoms with van der Waals surface area (Å²) < 4.78 is 29.9. The van der Waals surface area contributed by atoms with E-state index in [1.165, 1.54) is 18.9 Å². The molecular weight excluding hydrogens is 796 g/mol. The van der Waals surface area contributed by atoms with Gasteiger partial charge in [0.25, 0.3) is 0 Å². The van der Waals surface area contributed by atoms with Crippen LogP contribution in [0, 0.1) is 18.7 Å². The van der Waals surface area contributed by atoms with Gasteiger partial charge in [-0.15, -0.1) is 0 Å². The average molecular weight is 855 g/mol. The van der Waals surface area contributed by atoms with Gasteiger partial charge in [-0.25, -0.2) is 4.39 Å². The predicted molar refractivity (Wildman–Crippen MR) is 240 cm³/mol. The molecule has 330 valence electrons. The molecule has 11 rings (SSSR count). The Kier molecular flexibility index (Phi) is 10.5. The number of aromatic nitrogens is 4. The fourth-order valence-electron chi connectivity index (χ4n) is 10.9. The lowest BCUT2D eigenvalue weighted by Gasteiger charge is -2.56. The van der Waals surface area contributed by atoms with E-state index in [0.717, 1.165) is 115 Å². The molecule has 0 spiro atoms. The van der Waals surface area contributed by atoms with Crippen LogP contribution in [0.15, 0.2) is 52.9 Å². The fourth-order valence-corrected chi connectivity index (χ4v) is 10.9. The number of carbonyl (C=O) groups excluding carboxylic acids is 1. The molecule has 3 aromatic carbocycles. The third-order valence-electron chi connectivity index (χ3n) is 14.8. The zero-order valence-electron chi connectivity index (χ0n) is 36.9. The van der Waals surface area contributed by atoms with E-state index in [1.807, 2.05) is 16.8 Å². The number of rotatable bonds is 12. The molecule has 6 heterocycles. The van der Waals surface area contributed by atoms with Gasteiger partial charge in [0.1, 0.15) is 41.9 Å². The summed E-state index contributed by atoms with van der Waals surface area (Å²) in [6.07, 6.45) is 12.7. The largest absolute Gasteiger partial charge is 0.486 e. The van der Waals surface area contributed by atoms with E-state index in [9.17, 15) is 4.79 Å². The molecule has 5 atom stereocenters. The first-order valence-electron chi connectivity index (χ1n) is 23.6. The van der Waals surface area contributed by atoms with Gasteiger partial charge in [-0.05, 0) is 111 Å². The number of carbonyl (C=O) groups is 1. The van der Waals surface area contributed by atoms with Crippen molar-refractivity contribution in [3.63, 3.8) is 0 Å². The summed E-state index contributed by atoms with van der Waals surface area (Å²) in [6, 6.07) is 13.1. The molecule has 2 aromatic heterocycles. The Morgan fingerprint density at radius 2 is 1.76 bits per heavy atom. The number of aromatic amines is 1. The summed E-state index contributed by atoms with van der Waals surface area (Å²) in [5.41, 5.74) is 6.64. The van der Waals surface area contributed by atoms with Crippen molar-refractivity contribution < 1.29 is 18.7 Å². The molecule has 5 aromatic rings. The molecule has 63 heavy (non-hydrogen) atoms. The third-order valence-corrected chi connectivity index (χ3v) is 14.8. The van der Waals surface area contributed by atoms with Crippen molar-refractivity contribution >= 4 is 33.5 Å². The first kappa shape index (κ1) is 40.4. The van der Waals surface area contributed by atoms with E-state index < -0.39 is 0 Å². The second-order valence-electron chi connectivity index (χ2n) is 19.4. The minimum Gasteiger partial charge on any atom is -0.486 e. The van der Waals surface area contributed by atoms with Crippen molar-refractivity contribution in [2.75, 3.05) is 31.1 Å². The normalized spacial score (nSPS) is 24.2. The van der Waals surface area contributed by atoms with Crippen molar-refractivity contribution in [2.45, 2.75) is 141 Å². The number of nitrogens with zero attached hydrogens (tertiary/aromatic N) is 8. The van der Waals surface area contributed by atoms with Crippen LogP contribution in [-0.4, -0.2) is 92.4 Å². The van der Waals surface area contributed by atoms with E-state index >= 15 is 4.39 Å². The Morgan fingerprint density at radius 3 is 2.44 bits per heavy atom. The first-order valence-corrected chi connectivity index (χ1v) is 23.6. The zero-order valence-corrected chi connectivity index (χ0v) is 36.9. The molecule has 4 aliphatic heterocycles. The maximum absolute atomic E-state index is 16.0. The number of anilines is 1. The number of nitrogens with one attached hydrogen (secondary N) is 2. The summed E-state index contributed by atoms with van der Waals surface area (Å²) >= 11 is 0. The van der Waals surface area contributed by atoms with Crippen LogP contribution in [0.3, 0.4) is 0 Å². The lowest BCUT2D eigenvalue weighted by Crippen LogP contribution is -2.78. The average Bonchev–Trinajstić information content (AvgIpc) is 3.70. The minimum atomic E-state index is -0.345. The number of likely N-dealkylation sites (tertiary alicyclic amines) is 1. The number of halogens is 1. The third kappa shape index (κ3) is 7.35. The first-order chi connectivity index (χ1) is 30.7. The summed E-state index contributed by atoms with van der Waals surface area (Å²) in [4.78, 5) is 28.7. The van der Waals surface area contributed by atoms with Crippen molar-refractivity contribution in [3.8, 4) is 22.9 Å². The van der Waals surface area contributed by atoms with Crippen LogP contribution >= 0.6 is 0 Å². The Hall–Kier alpha value is -5.37. The topological polar surface area (TPSA) is 136 Å². The molecule has 0 radical (unpaired) electrons. The predicted octanol–water partition coefficient (Wildman–Crippen LogP) is 9.10. The van der Waals surface area contributed by atoms with Crippen LogP contribution in [0.25, 0.3) is 32.9 Å². The molecule has 3 saturated heterocycles. The van der Waals surface area contributed by atoms with Crippen molar-refractivity contribution in [1.29, 1.82) is 0 Å². The molecule has 13 nitrogen and oxygen atoms in total. The number of ether oxygens (including phenoxy) is 2. The highest BCUT2D eigenvalue weighted by Crippen LogP contribution is 2.53. The van der Waals surface area contributed by atoms with Crippen molar-refractivity contribution in [1.82, 2.24) is 35.4 Å². The van der Waals surface area contributed by atoms with Crippen molar-refractivity contribution in [2.24, 2.45) is 16.3 Å². The van der Waals surface area contributed by atoms with Crippen LogP contribution in [0.1, 0.15) is 119 Å². The summed E-state index contributed by atoms with van der Waals surface area (Å²) in [6.45, 7) is 11.6. The maximum atomic E-state index is 16.0. The maximum Gasteiger partial charge on any atom is 0.319 e. The van der Waals surface area contributed by atoms with Crippen molar-refractivity contribution in [3.05, 3.63) is 70.7 Å². The summed E-state index contributed by atoms with van der Waals surface area (Å²) in [7, 11) is 0. The smallest absolute Gasteiger partial charge is 0.319 e. The highest BCUT2D eigenvalue weighted by molar-refractivity contribution is 6.06. The van der Waals surface area contributed by atoms with Gasteiger partial charge in [-0.1, -0.05) is 56.2 Å². The lowest BCUT2D eigenvalue weighted by molar-refractivity contribution is -0.139. The standard InChI is InChI=1S/C49H59FN10O3/c1-27(2)45(48(61)58-19-9-10-28(58)3)60-25-39(56-57-60)32-15-13-30(14-16-32)26-62-46-43(42-29(4)37(50)21-38-36(42)22-52-55-38)34(31-17-18-31)20-35-44(46)53-49(63-33-11-7-5-6-8-12-33)54-47(35)59-24-40-41(59)23-51-40/h13-16,20-22,27-28,31,33,39-41,45,51H,5-12,17-19,23-26H2,1-4H3,(H,52,55). The van der Waals surface area contributed by atoms with Gasteiger partial charge in [-0.2, -0.15) is 20.2 Å². The Morgan fingerprint density at radius 1 is 0.952 bits per heavy atom. The molecule has 1 amide bonds. The van der Waals surface area contributed by atoms with Crippen LogP contribution in [0.4, 0.5) is 10.2 Å². The Bertz CT molecular complexity index is 2570. The molecule has 0 bridgehead atoms. The van der Waals surface area contributed by atoms with Crippen LogP contribution in [0.2, 0.25) is 0 Å². The van der Waals surface area contributed by atoms with E-state index in [2.05, 4.69) is 81.9 Å². The number of hydrogen-bond donors (Lipinski definition) is 2. The molecule has 5 unspecified atom stereocenters. The second-order valence-corrected chi connectivity index (χ2v) is 19.4. The number of amides is 1. The highest BCUT2D eigenvalue weighted by Gasteiger charge is 2.47. The number of benzene rings is 3. The minimum absolute atomic E-state index is 0.0495. The number of fused-ring (bicyclic) bond motifs is 3. The van der Waals surface area contributed by atoms with Crippen LogP contribution in [-0.2, 0) is 11.4 Å². The van der Waals surface area contributed by atoms with Gasteiger partial charge in [0.2, 0.25) is 5.91 Å². The molecule has 5 fully saturated rings. The molecule has 14 heteroatoms. The van der Waals surface area contributed by atoms with E-state index in [-0.39, 0.29) is 48.5 Å². The van der Waals surface area contributed by atoms with E-state index in [0.29, 0.717) is 52.9 Å². The summed E-state index contributed by atoms with van der Waals surface area (Å²) in [5.74, 6) is 1.74. The van der Waals surface area contributed by atoms with Crippen LogP contribution in [0.5, 0.6) is 11.8 Å². The zero-order chi connectivity index (χ0) is 42.9. The highest BCUT2D eigenvalue weighted by atomic mass is 19.1. The Balaban J connectivity index is 0.963. The number of H-pyrrole nitrogens is 1. The SMILES string of the molecule is Cc1c(F)cc2[nH]ncc2c1-c1c(C2CC2)cc2c(N3CC4NCC43)nc(OC3CCCCCC3)nc2c1OCc1ccc(C2CN(C(C(=O)N3CCCC3C)C(C)C)N=N2)cc1. The monoisotopic (exact) mass is 854 g/mol. The quantitative estimate of drug-likeness (QED) is 0.118. The van der Waals surface area contributed by atoms with Gasteiger partial charge in [0, 0.05) is 53.6 Å². The molecule has 2 saturated carbocycles. The second kappa shape index (κ2) is 16.3. The molecule has 6 aliphatic rings. The van der Waals surface area contributed by atoms with Gasteiger partial charge < -0.3 is 24.6 Å². The Labute approximate surface area is 368 Å². The molecule has 2 aliphatic carbocycles. The van der Waals surface area contributed by atoms with E-state index in [4.69, 9.17) is 19.4 Å². The van der Waals surface area contributed by atoms with Gasteiger partial charge in [0.05, 0.1) is 24.3 Å². The van der Waals surface area contributed by atoms with Gasteiger partial charge in [0.15, 0.2) is 5.75 Å². The van der Waals surface area contributed by atoms with Gasteiger partial charge >= 0.3 is 6.01 Å². The lowest BCUT2D eigenvalue weighted by atomic mass is 9.86. The fraction of sp³-hybridized carbons (Fsp3) is 0.551. The molecular formula is C49H59FN10O3. The molecule has 2 N–H and O–H groups in total. The van der Waals surface area contributed by atoms with E-state index in [1.54, 1.807) is 6.20 Å². The number of piperazine rings is 1. The number of hydrogen-bond acceptors (Lipinski definition) is 11. The van der Waals surface area contributed by atoms with Gasteiger partial charge in [-0.3, -0.25) is 14.9 Å². The van der Waals surface area contributed by atoms with Crippen LogP contribution < -0.4 is 19.7 Å². The summed E-state index contributed by atoms with van der Waals surface area (Å²) in [5, 5.41) is 23.9.